The smallest absolute Gasteiger partial charge is 0.289 e. The number of nitro benzene ring substituents is 1. The molecule has 1 aliphatic heterocycles. The second kappa shape index (κ2) is 6.33. The number of non-ortho nitro benzene ring substituents is 1. The highest BCUT2D eigenvalue weighted by Crippen LogP contribution is 2.25. The maximum absolute atomic E-state index is 12.5. The summed E-state index contributed by atoms with van der Waals surface area (Å²) >= 11 is 0. The van der Waals surface area contributed by atoms with E-state index in [9.17, 15) is 14.9 Å². The SMILES string of the molecule is C[C@@H]1CNCCN1C(=O)c1cc2cc([N+](=O)[O-])ccc2o1.Cl. The number of halogens is 1. The van der Waals surface area contributed by atoms with Gasteiger partial charge in [-0.25, -0.2) is 0 Å². The van der Waals surface area contributed by atoms with Gasteiger partial charge in [-0.2, -0.15) is 0 Å². The van der Waals surface area contributed by atoms with Crippen LogP contribution in [0.2, 0.25) is 0 Å². The topological polar surface area (TPSA) is 88.6 Å². The van der Waals surface area contributed by atoms with E-state index in [2.05, 4.69) is 5.32 Å². The van der Waals surface area contributed by atoms with Crippen molar-refractivity contribution in [1.82, 2.24) is 10.2 Å². The van der Waals surface area contributed by atoms with Gasteiger partial charge in [-0.05, 0) is 19.1 Å². The number of carbonyl (C=O) groups excluding carboxylic acids is 1. The first-order valence-electron chi connectivity index (χ1n) is 6.76. The fourth-order valence-electron chi connectivity index (χ4n) is 2.53. The second-order valence-electron chi connectivity index (χ2n) is 5.14. The maximum Gasteiger partial charge on any atom is 0.289 e. The number of nitrogens with one attached hydrogen (secondary N) is 1. The number of rotatable bonds is 2. The Morgan fingerprint density at radius 1 is 1.45 bits per heavy atom. The van der Waals surface area contributed by atoms with Crippen LogP contribution in [0, 0.1) is 10.1 Å². The fourth-order valence-corrected chi connectivity index (χ4v) is 2.53. The third kappa shape index (κ3) is 2.90. The number of furan rings is 1. The molecule has 0 aliphatic carbocycles. The quantitative estimate of drug-likeness (QED) is 0.675. The van der Waals surface area contributed by atoms with Crippen molar-refractivity contribution in [3.05, 3.63) is 40.1 Å². The van der Waals surface area contributed by atoms with E-state index < -0.39 is 4.92 Å². The number of piperazine rings is 1. The van der Waals surface area contributed by atoms with Crippen molar-refractivity contribution in [2.45, 2.75) is 13.0 Å². The third-order valence-electron chi connectivity index (χ3n) is 3.68. The lowest BCUT2D eigenvalue weighted by Gasteiger charge is -2.33. The van der Waals surface area contributed by atoms with Crippen molar-refractivity contribution >= 4 is 35.0 Å². The largest absolute Gasteiger partial charge is 0.451 e. The Labute approximate surface area is 132 Å². The molecule has 22 heavy (non-hydrogen) atoms. The van der Waals surface area contributed by atoms with Crippen LogP contribution in [0.3, 0.4) is 0 Å². The molecule has 1 amide bonds. The van der Waals surface area contributed by atoms with Crippen molar-refractivity contribution in [2.24, 2.45) is 0 Å². The lowest BCUT2D eigenvalue weighted by molar-refractivity contribution is -0.384. The van der Waals surface area contributed by atoms with Crippen LogP contribution in [0.15, 0.2) is 28.7 Å². The Kier molecular flexibility index (Phi) is 4.68. The summed E-state index contributed by atoms with van der Waals surface area (Å²) in [5.74, 6) is 0.0436. The number of carbonyl (C=O) groups is 1. The summed E-state index contributed by atoms with van der Waals surface area (Å²) < 4.78 is 5.53. The van der Waals surface area contributed by atoms with Gasteiger partial charge in [0.05, 0.1) is 4.92 Å². The Morgan fingerprint density at radius 3 is 2.91 bits per heavy atom. The normalized spacial score (nSPS) is 18.0. The van der Waals surface area contributed by atoms with Gasteiger partial charge >= 0.3 is 0 Å². The predicted molar refractivity (Wildman–Crippen MR) is 83.5 cm³/mol. The Hall–Kier alpha value is -2.12. The van der Waals surface area contributed by atoms with E-state index in [0.29, 0.717) is 17.5 Å². The lowest BCUT2D eigenvalue weighted by Crippen LogP contribution is -2.52. The minimum Gasteiger partial charge on any atom is -0.451 e. The number of amides is 1. The summed E-state index contributed by atoms with van der Waals surface area (Å²) in [5, 5.41) is 14.6. The molecule has 1 atom stereocenters. The monoisotopic (exact) mass is 325 g/mol. The van der Waals surface area contributed by atoms with Gasteiger partial charge in [0, 0.05) is 43.2 Å². The summed E-state index contributed by atoms with van der Waals surface area (Å²) in [6.07, 6.45) is 0. The molecule has 7 nitrogen and oxygen atoms in total. The van der Waals surface area contributed by atoms with Gasteiger partial charge in [0.25, 0.3) is 11.6 Å². The molecule has 1 aromatic heterocycles. The highest BCUT2D eigenvalue weighted by molar-refractivity contribution is 5.96. The molecule has 1 saturated heterocycles. The van der Waals surface area contributed by atoms with Crippen molar-refractivity contribution in [3.8, 4) is 0 Å². The number of hydrogen-bond donors (Lipinski definition) is 1. The number of hydrogen-bond acceptors (Lipinski definition) is 5. The zero-order chi connectivity index (χ0) is 15.0. The van der Waals surface area contributed by atoms with Crippen molar-refractivity contribution in [1.29, 1.82) is 0 Å². The van der Waals surface area contributed by atoms with Gasteiger partial charge in [0.1, 0.15) is 5.58 Å². The summed E-state index contributed by atoms with van der Waals surface area (Å²) in [5.41, 5.74) is 0.463. The molecule has 1 aliphatic rings. The first kappa shape index (κ1) is 16.3. The summed E-state index contributed by atoms with van der Waals surface area (Å²) in [6, 6.07) is 5.96. The van der Waals surface area contributed by atoms with Gasteiger partial charge < -0.3 is 14.6 Å². The zero-order valence-electron chi connectivity index (χ0n) is 11.9. The molecule has 8 heteroatoms. The van der Waals surface area contributed by atoms with E-state index >= 15 is 0 Å². The molecule has 1 fully saturated rings. The molecule has 118 valence electrons. The van der Waals surface area contributed by atoms with Crippen LogP contribution in [0.4, 0.5) is 5.69 Å². The van der Waals surface area contributed by atoms with Crippen LogP contribution in [0.25, 0.3) is 11.0 Å². The fraction of sp³-hybridized carbons (Fsp3) is 0.357. The van der Waals surface area contributed by atoms with E-state index in [1.54, 1.807) is 11.0 Å². The number of fused-ring (bicyclic) bond motifs is 1. The number of nitro groups is 1. The van der Waals surface area contributed by atoms with Crippen molar-refractivity contribution in [3.63, 3.8) is 0 Å². The molecule has 0 unspecified atom stereocenters. The molecule has 0 radical (unpaired) electrons. The minimum atomic E-state index is -0.466. The molecule has 3 rings (SSSR count). The van der Waals surface area contributed by atoms with E-state index in [1.807, 2.05) is 6.92 Å². The van der Waals surface area contributed by atoms with E-state index in [4.69, 9.17) is 4.42 Å². The third-order valence-corrected chi connectivity index (χ3v) is 3.68. The summed E-state index contributed by atoms with van der Waals surface area (Å²) in [7, 11) is 0. The van der Waals surface area contributed by atoms with Crippen LogP contribution in [-0.4, -0.2) is 41.4 Å². The Bertz CT molecular complexity index is 715. The molecular weight excluding hydrogens is 310 g/mol. The summed E-state index contributed by atoms with van der Waals surface area (Å²) in [4.78, 5) is 24.5. The summed E-state index contributed by atoms with van der Waals surface area (Å²) in [6.45, 7) is 4.09. The van der Waals surface area contributed by atoms with Crippen LogP contribution in [0.5, 0.6) is 0 Å². The minimum absolute atomic E-state index is 0. The lowest BCUT2D eigenvalue weighted by atomic mass is 10.2. The van der Waals surface area contributed by atoms with Gasteiger partial charge in [0.2, 0.25) is 0 Å². The van der Waals surface area contributed by atoms with Crippen molar-refractivity contribution < 1.29 is 14.1 Å². The molecular formula is C14H16ClN3O4. The average Bonchev–Trinajstić information content (AvgIpc) is 2.89. The highest BCUT2D eigenvalue weighted by atomic mass is 35.5. The molecule has 0 spiro atoms. The van der Waals surface area contributed by atoms with Crippen molar-refractivity contribution in [2.75, 3.05) is 19.6 Å². The zero-order valence-corrected chi connectivity index (χ0v) is 12.8. The van der Waals surface area contributed by atoms with Gasteiger partial charge in [0.15, 0.2) is 5.76 Å². The first-order chi connectivity index (χ1) is 10.1. The van der Waals surface area contributed by atoms with Crippen LogP contribution in [-0.2, 0) is 0 Å². The molecule has 2 heterocycles. The van der Waals surface area contributed by atoms with Gasteiger partial charge in [-0.15, -0.1) is 12.4 Å². The molecule has 2 aromatic rings. The van der Waals surface area contributed by atoms with Gasteiger partial charge in [-0.1, -0.05) is 0 Å². The van der Waals surface area contributed by atoms with E-state index in [0.717, 1.165) is 13.1 Å². The van der Waals surface area contributed by atoms with Crippen LogP contribution < -0.4 is 5.32 Å². The number of benzene rings is 1. The maximum atomic E-state index is 12.5. The molecule has 1 aromatic carbocycles. The van der Waals surface area contributed by atoms with E-state index in [-0.39, 0.29) is 35.8 Å². The van der Waals surface area contributed by atoms with Gasteiger partial charge in [-0.3, -0.25) is 14.9 Å². The predicted octanol–water partition coefficient (Wildman–Crippen LogP) is 2.20. The van der Waals surface area contributed by atoms with E-state index in [1.165, 1.54) is 18.2 Å². The average molecular weight is 326 g/mol. The molecule has 1 N–H and O–H groups in total. The van der Waals surface area contributed by atoms with Crippen LogP contribution >= 0.6 is 12.4 Å². The first-order valence-corrected chi connectivity index (χ1v) is 6.76. The Morgan fingerprint density at radius 2 is 2.23 bits per heavy atom. The van der Waals surface area contributed by atoms with Crippen LogP contribution in [0.1, 0.15) is 17.5 Å². The molecule has 0 saturated carbocycles. The number of nitrogens with zero attached hydrogens (tertiary/aromatic N) is 2. The highest BCUT2D eigenvalue weighted by Gasteiger charge is 2.26. The standard InChI is InChI=1S/C14H15N3O4.ClH/c1-9-8-15-4-5-16(9)14(18)13-7-10-6-11(17(19)20)2-3-12(10)21-13;/h2-3,6-7,9,15H,4-5,8H2,1H3;1H/t9-;/m1./s1. The Balaban J connectivity index is 0.00000176. The molecule has 0 bridgehead atoms. The second-order valence-corrected chi connectivity index (χ2v) is 5.14.